The number of ether oxygens (including phenoxy) is 1. The first kappa shape index (κ1) is 43.7. The molecule has 0 spiro atoms. The van der Waals surface area contributed by atoms with Crippen LogP contribution in [0.25, 0.3) is 0 Å². The van der Waals surface area contributed by atoms with E-state index in [1.165, 1.54) is 35.5 Å². The number of halogens is 3. The number of fused-ring (bicyclic) bond motifs is 3. The molecular formula is C41H50F2IN7O8. The Morgan fingerprint density at radius 2 is 1.51 bits per heavy atom. The average molecular weight is 934 g/mol. The number of hydrogen-bond donors (Lipinski definition) is 4. The van der Waals surface area contributed by atoms with Gasteiger partial charge in [0.15, 0.2) is 0 Å². The van der Waals surface area contributed by atoms with Crippen molar-refractivity contribution in [3.05, 3.63) is 63.2 Å². The van der Waals surface area contributed by atoms with Gasteiger partial charge in [0.25, 0.3) is 0 Å². The van der Waals surface area contributed by atoms with Gasteiger partial charge in [0, 0.05) is 41.4 Å². The number of piperidine rings is 1. The number of esters is 1. The molecule has 2 aromatic carbocycles. The van der Waals surface area contributed by atoms with Crippen molar-refractivity contribution >= 4 is 69.8 Å². The maximum absolute atomic E-state index is 14.9. The lowest BCUT2D eigenvalue weighted by Crippen LogP contribution is -2.65. The second-order valence-electron chi connectivity index (χ2n) is 16.4. The minimum Gasteiger partial charge on any atom is -0.455 e. The first-order valence-corrected chi connectivity index (χ1v) is 21.0. The Morgan fingerprint density at radius 1 is 0.864 bits per heavy atom. The minimum absolute atomic E-state index is 0.0203. The minimum atomic E-state index is -1.83. The highest BCUT2D eigenvalue weighted by Gasteiger charge is 2.50. The molecule has 6 rings (SSSR count). The average Bonchev–Trinajstić information content (AvgIpc) is 3.83. The molecule has 0 unspecified atom stereocenters. The van der Waals surface area contributed by atoms with Gasteiger partial charge in [0.2, 0.25) is 29.5 Å². The standard InChI is InChI=1S/C41H50F2IN7O8/c1-22-16-32-39(57)59-41(3,4)33(48-34(52)29(19-24-17-25(42)20-26(43)18-24)47-40(58)46-28-12-10-27(44)11-13-28)38(56)50-15-7-9-31(50)37(55)49-14-6-5-8-30(49)35(53)45-23(2)36(54)51(32)21-22/h10-13,17-18,20,22-23,29-33H,5-9,14-16,19,21H2,1-4H3,(H,45,53)(H,48,52)(H2,46,47,58)/t22-,23+,29+,30+,31+,32+,33-/m1/s1. The van der Waals surface area contributed by atoms with Crippen LogP contribution in [0.4, 0.5) is 19.3 Å². The van der Waals surface area contributed by atoms with Crippen LogP contribution < -0.4 is 21.3 Å². The predicted molar refractivity (Wildman–Crippen MR) is 218 cm³/mol. The van der Waals surface area contributed by atoms with E-state index < -0.39 is 101 Å². The molecule has 4 aliphatic heterocycles. The van der Waals surface area contributed by atoms with E-state index in [1.54, 1.807) is 24.3 Å². The third-order valence-electron chi connectivity index (χ3n) is 11.4. The number of urea groups is 1. The fourth-order valence-corrected chi connectivity index (χ4v) is 8.80. The highest BCUT2D eigenvalue weighted by molar-refractivity contribution is 14.1. The number of carbonyl (C=O) groups excluding carboxylic acids is 7. The molecule has 318 valence electrons. The largest absolute Gasteiger partial charge is 0.455 e. The lowest BCUT2D eigenvalue weighted by molar-refractivity contribution is -0.172. The molecule has 0 saturated carbocycles. The van der Waals surface area contributed by atoms with Crippen molar-refractivity contribution in [2.75, 3.05) is 25.0 Å². The van der Waals surface area contributed by atoms with Gasteiger partial charge in [0.1, 0.15) is 53.5 Å². The Bertz CT molecular complexity index is 1970. The fraction of sp³-hybridized carbons (Fsp3) is 0.537. The maximum Gasteiger partial charge on any atom is 0.329 e. The zero-order valence-corrected chi connectivity index (χ0v) is 35.6. The lowest BCUT2D eigenvalue weighted by Gasteiger charge is -2.41. The van der Waals surface area contributed by atoms with E-state index in [1.807, 2.05) is 6.92 Å². The van der Waals surface area contributed by atoms with E-state index in [2.05, 4.69) is 43.9 Å². The summed E-state index contributed by atoms with van der Waals surface area (Å²) in [5.74, 6) is -6.01. The molecular weight excluding hydrogens is 883 g/mol. The van der Waals surface area contributed by atoms with Crippen molar-refractivity contribution in [3.63, 3.8) is 0 Å². The summed E-state index contributed by atoms with van der Waals surface area (Å²) >= 11 is 2.10. The third kappa shape index (κ3) is 10.1. The summed E-state index contributed by atoms with van der Waals surface area (Å²) in [6.45, 7) is 6.79. The van der Waals surface area contributed by atoms with Gasteiger partial charge in [-0.15, -0.1) is 0 Å². The fourth-order valence-electron chi connectivity index (χ4n) is 8.44. The van der Waals surface area contributed by atoms with Gasteiger partial charge in [-0.25, -0.2) is 18.4 Å². The summed E-state index contributed by atoms with van der Waals surface area (Å²) in [5, 5.41) is 10.6. The summed E-state index contributed by atoms with van der Waals surface area (Å²) in [6, 6.07) is 1.39. The summed E-state index contributed by atoms with van der Waals surface area (Å²) in [7, 11) is 0. The zero-order chi connectivity index (χ0) is 42.8. The number of nitrogens with zero attached hydrogens (tertiary/aromatic N) is 3. The van der Waals surface area contributed by atoms with Gasteiger partial charge < -0.3 is 40.7 Å². The van der Waals surface area contributed by atoms with Crippen LogP contribution in [-0.2, 0) is 39.9 Å². The second-order valence-corrected chi connectivity index (χ2v) is 17.7. The summed E-state index contributed by atoms with van der Waals surface area (Å²) in [5.41, 5.74) is -1.42. The Labute approximate surface area is 354 Å². The molecule has 4 N–H and O–H groups in total. The molecule has 18 heteroatoms. The van der Waals surface area contributed by atoms with E-state index in [-0.39, 0.29) is 44.0 Å². The van der Waals surface area contributed by atoms with Gasteiger partial charge in [0.05, 0.1) is 0 Å². The van der Waals surface area contributed by atoms with E-state index in [9.17, 15) is 42.3 Å². The van der Waals surface area contributed by atoms with Crippen molar-refractivity contribution in [1.29, 1.82) is 0 Å². The SMILES string of the molecule is C[C@@H]1C[C@H]2C(=O)OC(C)(C)[C@H](NC(=O)[C@H](Cc3cc(F)cc(F)c3)NC(=O)Nc3ccc(I)cc3)C(=O)N3CCC[C@H]3C(=O)N3CCCC[C@H]3C(=O)N[C@@H](C)C(=O)N2C1. The molecule has 4 fully saturated rings. The Balaban J connectivity index is 1.37. The Morgan fingerprint density at radius 3 is 2.20 bits per heavy atom. The molecule has 2 aromatic rings. The van der Waals surface area contributed by atoms with Gasteiger partial charge in [-0.05, 0) is 130 Å². The second kappa shape index (κ2) is 18.2. The molecule has 0 radical (unpaired) electrons. The summed E-state index contributed by atoms with van der Waals surface area (Å²) in [6.07, 6.45) is 2.13. The molecule has 4 aliphatic rings. The molecule has 15 nitrogen and oxygen atoms in total. The monoisotopic (exact) mass is 933 g/mol. The van der Waals surface area contributed by atoms with Crippen LogP contribution in [0.1, 0.15) is 71.8 Å². The van der Waals surface area contributed by atoms with Gasteiger partial charge in [-0.3, -0.25) is 24.0 Å². The smallest absolute Gasteiger partial charge is 0.329 e. The number of carbonyl (C=O) groups is 7. The number of cyclic esters (lactones) is 1. The normalized spacial score (nSPS) is 26.9. The van der Waals surface area contributed by atoms with Gasteiger partial charge >= 0.3 is 12.0 Å². The summed E-state index contributed by atoms with van der Waals surface area (Å²) in [4.78, 5) is 103. The van der Waals surface area contributed by atoms with Gasteiger partial charge in [-0.1, -0.05) is 6.92 Å². The van der Waals surface area contributed by atoms with Gasteiger partial charge in [-0.2, -0.15) is 0 Å². The van der Waals surface area contributed by atoms with Crippen molar-refractivity contribution in [1.82, 2.24) is 30.7 Å². The van der Waals surface area contributed by atoms with Crippen molar-refractivity contribution in [2.24, 2.45) is 5.92 Å². The number of rotatable bonds is 6. The van der Waals surface area contributed by atoms with Crippen LogP contribution in [0.2, 0.25) is 0 Å². The number of nitrogens with one attached hydrogen (secondary N) is 4. The molecule has 59 heavy (non-hydrogen) atoms. The number of amides is 7. The number of benzene rings is 2. The summed E-state index contributed by atoms with van der Waals surface area (Å²) < 4.78 is 35.7. The topological polar surface area (TPSA) is 187 Å². The number of anilines is 1. The van der Waals surface area contributed by atoms with E-state index in [4.69, 9.17) is 4.74 Å². The molecule has 0 aromatic heterocycles. The maximum atomic E-state index is 14.9. The van der Waals surface area contributed by atoms with E-state index in [0.29, 0.717) is 37.4 Å². The van der Waals surface area contributed by atoms with Crippen LogP contribution in [-0.4, -0.2) is 118 Å². The third-order valence-corrected chi connectivity index (χ3v) is 12.1. The van der Waals surface area contributed by atoms with Crippen LogP contribution in [0.15, 0.2) is 42.5 Å². The van der Waals surface area contributed by atoms with E-state index in [0.717, 1.165) is 15.7 Å². The Hall–Kier alpha value is -4.88. The molecule has 0 bridgehead atoms. The van der Waals surface area contributed by atoms with E-state index >= 15 is 0 Å². The highest BCUT2D eigenvalue weighted by Crippen LogP contribution is 2.31. The zero-order valence-electron chi connectivity index (χ0n) is 33.4. The van der Waals surface area contributed by atoms with Crippen molar-refractivity contribution in [2.45, 2.75) is 114 Å². The van der Waals surface area contributed by atoms with Crippen molar-refractivity contribution < 1.29 is 47.1 Å². The quantitative estimate of drug-likeness (QED) is 0.251. The first-order chi connectivity index (χ1) is 27.9. The van der Waals surface area contributed by atoms with Crippen LogP contribution in [0, 0.1) is 21.1 Å². The van der Waals surface area contributed by atoms with Crippen LogP contribution in [0.5, 0.6) is 0 Å². The molecule has 7 amide bonds. The first-order valence-electron chi connectivity index (χ1n) is 19.9. The predicted octanol–water partition coefficient (Wildman–Crippen LogP) is 3.24. The number of hydrogen-bond acceptors (Lipinski definition) is 8. The molecule has 7 atom stereocenters. The van der Waals surface area contributed by atoms with Crippen LogP contribution in [0.3, 0.4) is 0 Å². The molecule has 4 saturated heterocycles. The molecule has 0 aliphatic carbocycles. The van der Waals surface area contributed by atoms with Crippen molar-refractivity contribution in [3.8, 4) is 0 Å². The molecule has 4 heterocycles. The Kier molecular flexibility index (Phi) is 13.5. The van der Waals surface area contributed by atoms with Crippen LogP contribution >= 0.6 is 22.6 Å². The highest BCUT2D eigenvalue weighted by atomic mass is 127. The lowest BCUT2D eigenvalue weighted by atomic mass is 9.94.